The summed E-state index contributed by atoms with van der Waals surface area (Å²) in [6.45, 7) is 5.27. The van der Waals surface area contributed by atoms with Crippen LogP contribution in [0.5, 0.6) is 0 Å². The van der Waals surface area contributed by atoms with Crippen molar-refractivity contribution in [1.29, 1.82) is 0 Å². The Balaban J connectivity index is 2.62. The van der Waals surface area contributed by atoms with Crippen molar-refractivity contribution in [2.24, 2.45) is 0 Å². The molecule has 100 valence electrons. The van der Waals surface area contributed by atoms with E-state index in [4.69, 9.17) is 11.6 Å². The summed E-state index contributed by atoms with van der Waals surface area (Å²) in [7, 11) is -3.01. The minimum atomic E-state index is -3.01. The first-order valence-corrected chi connectivity index (χ1v) is 8.37. The van der Waals surface area contributed by atoms with Crippen molar-refractivity contribution in [3.05, 3.63) is 11.6 Å². The van der Waals surface area contributed by atoms with Gasteiger partial charge in [-0.15, -0.1) is 11.6 Å². The molecule has 0 fully saturated rings. The van der Waals surface area contributed by atoms with Gasteiger partial charge in [0.1, 0.15) is 0 Å². The number of hydrogen-bond donors (Lipinski definition) is 0. The normalized spacial score (nSPS) is 23.1. The molecule has 0 bridgehead atoms. The van der Waals surface area contributed by atoms with Crippen LogP contribution < -0.4 is 0 Å². The highest BCUT2D eigenvalue weighted by atomic mass is 35.5. The van der Waals surface area contributed by atoms with Crippen LogP contribution in [0.25, 0.3) is 0 Å². The number of rotatable bonds is 3. The van der Waals surface area contributed by atoms with Crippen LogP contribution in [0, 0.1) is 0 Å². The lowest BCUT2D eigenvalue weighted by Crippen LogP contribution is -2.30. The van der Waals surface area contributed by atoms with E-state index in [-0.39, 0.29) is 11.1 Å². The first-order valence-electron chi connectivity index (χ1n) is 6.28. The largest absolute Gasteiger partial charge is 0.228 e. The fourth-order valence-electron chi connectivity index (χ4n) is 1.89. The smallest absolute Gasteiger partial charge is 0.155 e. The molecule has 0 amide bonds. The third kappa shape index (κ3) is 4.63. The third-order valence-electron chi connectivity index (χ3n) is 3.27. The molecule has 1 aliphatic rings. The van der Waals surface area contributed by atoms with Gasteiger partial charge in [-0.05, 0) is 46.5 Å². The molecule has 0 radical (unpaired) electrons. The zero-order valence-corrected chi connectivity index (χ0v) is 12.6. The van der Waals surface area contributed by atoms with E-state index in [1.807, 2.05) is 0 Å². The maximum atomic E-state index is 12.0. The van der Waals surface area contributed by atoms with E-state index in [9.17, 15) is 8.42 Å². The van der Waals surface area contributed by atoms with Crippen molar-refractivity contribution in [3.8, 4) is 0 Å². The summed E-state index contributed by atoms with van der Waals surface area (Å²) >= 11 is 6.13. The van der Waals surface area contributed by atoms with Gasteiger partial charge in [0, 0.05) is 0 Å². The second kappa shape index (κ2) is 5.75. The quantitative estimate of drug-likeness (QED) is 0.583. The summed E-state index contributed by atoms with van der Waals surface area (Å²) in [5.74, 6) is 0.242. The van der Waals surface area contributed by atoms with Crippen LogP contribution >= 0.6 is 11.6 Å². The molecular formula is C13H23ClO2S. The summed E-state index contributed by atoms with van der Waals surface area (Å²) in [6, 6.07) is 0. The summed E-state index contributed by atoms with van der Waals surface area (Å²) in [5.41, 5.74) is 1.22. The summed E-state index contributed by atoms with van der Waals surface area (Å²) in [4.78, 5) is 0. The summed E-state index contributed by atoms with van der Waals surface area (Å²) < 4.78 is 23.3. The van der Waals surface area contributed by atoms with E-state index in [1.54, 1.807) is 20.8 Å². The molecule has 0 N–H and O–H groups in total. The molecule has 0 aliphatic heterocycles. The average Bonchev–Trinajstić information content (AvgIpc) is 2.38. The van der Waals surface area contributed by atoms with Crippen LogP contribution in [0.4, 0.5) is 0 Å². The monoisotopic (exact) mass is 278 g/mol. The van der Waals surface area contributed by atoms with Crippen molar-refractivity contribution in [2.45, 2.75) is 63.0 Å². The third-order valence-corrected chi connectivity index (χ3v) is 6.22. The average molecular weight is 279 g/mol. The van der Waals surface area contributed by atoms with Gasteiger partial charge in [0.05, 0.1) is 15.9 Å². The molecule has 1 rings (SSSR count). The van der Waals surface area contributed by atoms with Gasteiger partial charge in [0.15, 0.2) is 9.84 Å². The molecule has 1 unspecified atom stereocenters. The summed E-state index contributed by atoms with van der Waals surface area (Å²) in [6.07, 6.45) is 6.99. The molecule has 0 aromatic rings. The molecule has 2 nitrogen and oxygen atoms in total. The van der Waals surface area contributed by atoms with E-state index in [1.165, 1.54) is 5.57 Å². The van der Waals surface area contributed by atoms with Gasteiger partial charge in [-0.3, -0.25) is 0 Å². The molecular weight excluding hydrogens is 256 g/mol. The molecule has 1 atom stereocenters. The molecule has 0 aromatic carbocycles. The molecule has 1 aliphatic carbocycles. The molecule has 0 aromatic heterocycles. The van der Waals surface area contributed by atoms with Crippen LogP contribution in [0.3, 0.4) is 0 Å². The number of allylic oxidation sites excluding steroid dienone is 2. The minimum Gasteiger partial charge on any atom is -0.228 e. The second-order valence-corrected chi connectivity index (χ2v) is 9.19. The van der Waals surface area contributed by atoms with Gasteiger partial charge < -0.3 is 0 Å². The lowest BCUT2D eigenvalue weighted by atomic mass is 10.1. The Bertz CT molecular complexity index is 377. The van der Waals surface area contributed by atoms with Crippen molar-refractivity contribution in [1.82, 2.24) is 0 Å². The number of halogens is 1. The van der Waals surface area contributed by atoms with Gasteiger partial charge in [-0.2, -0.15) is 0 Å². The van der Waals surface area contributed by atoms with Crippen LogP contribution in [0.2, 0.25) is 0 Å². The molecule has 4 heteroatoms. The zero-order valence-electron chi connectivity index (χ0n) is 11.0. The van der Waals surface area contributed by atoms with Gasteiger partial charge in [0.25, 0.3) is 0 Å². The van der Waals surface area contributed by atoms with Crippen molar-refractivity contribution in [2.75, 3.05) is 5.75 Å². The first kappa shape index (κ1) is 15.0. The lowest BCUT2D eigenvalue weighted by Gasteiger charge is -2.19. The maximum absolute atomic E-state index is 12.0. The predicted octanol–water partition coefficient (Wildman–Crippen LogP) is 3.70. The SMILES string of the molecule is CC(C)(C)S(=O)(=O)CCC1=CC(Cl)CCCC1. The van der Waals surface area contributed by atoms with Gasteiger partial charge in [-0.25, -0.2) is 8.42 Å². The molecule has 0 saturated heterocycles. The van der Waals surface area contributed by atoms with Crippen LogP contribution in [-0.2, 0) is 9.84 Å². The Morgan fingerprint density at radius 3 is 2.59 bits per heavy atom. The van der Waals surface area contributed by atoms with E-state index in [2.05, 4.69) is 6.08 Å². The maximum Gasteiger partial charge on any atom is 0.155 e. The number of sulfone groups is 1. The highest BCUT2D eigenvalue weighted by Gasteiger charge is 2.28. The second-order valence-electron chi connectivity index (χ2n) is 5.77. The van der Waals surface area contributed by atoms with E-state index < -0.39 is 14.6 Å². The molecule has 17 heavy (non-hydrogen) atoms. The molecule has 0 saturated carbocycles. The number of hydrogen-bond acceptors (Lipinski definition) is 2. The standard InChI is InChI=1S/C13H23ClO2S/c1-13(2,3)17(15,16)9-8-11-6-4-5-7-12(14)10-11/h10,12H,4-9H2,1-3H3. The lowest BCUT2D eigenvalue weighted by molar-refractivity contribution is 0.559. The Hall–Kier alpha value is -0.0200. The van der Waals surface area contributed by atoms with Crippen molar-refractivity contribution >= 4 is 21.4 Å². The molecule has 0 heterocycles. The predicted molar refractivity (Wildman–Crippen MR) is 74.3 cm³/mol. The zero-order chi connectivity index (χ0) is 13.1. The van der Waals surface area contributed by atoms with Gasteiger partial charge in [0.2, 0.25) is 0 Å². The van der Waals surface area contributed by atoms with Crippen LogP contribution in [0.15, 0.2) is 11.6 Å². The molecule has 0 spiro atoms. The Kier molecular flexibility index (Phi) is 5.08. The summed E-state index contributed by atoms with van der Waals surface area (Å²) in [5, 5.41) is 0.0878. The van der Waals surface area contributed by atoms with E-state index in [0.717, 1.165) is 25.7 Å². The van der Waals surface area contributed by atoms with Crippen LogP contribution in [0.1, 0.15) is 52.9 Å². The number of alkyl halides is 1. The highest BCUT2D eigenvalue weighted by Crippen LogP contribution is 2.25. The van der Waals surface area contributed by atoms with E-state index >= 15 is 0 Å². The van der Waals surface area contributed by atoms with Crippen molar-refractivity contribution < 1.29 is 8.42 Å². The van der Waals surface area contributed by atoms with E-state index in [0.29, 0.717) is 6.42 Å². The fourth-order valence-corrected chi connectivity index (χ4v) is 3.37. The van der Waals surface area contributed by atoms with Gasteiger partial charge in [-0.1, -0.05) is 18.1 Å². The van der Waals surface area contributed by atoms with Gasteiger partial charge >= 0.3 is 0 Å². The Morgan fingerprint density at radius 1 is 1.35 bits per heavy atom. The first-order chi connectivity index (χ1) is 7.72. The minimum absolute atomic E-state index is 0.0878. The van der Waals surface area contributed by atoms with Crippen LogP contribution in [-0.4, -0.2) is 24.3 Å². The topological polar surface area (TPSA) is 34.1 Å². The van der Waals surface area contributed by atoms with Crippen molar-refractivity contribution in [3.63, 3.8) is 0 Å². The Labute approximate surface area is 110 Å². The Morgan fingerprint density at radius 2 is 2.00 bits per heavy atom. The fraction of sp³-hybridized carbons (Fsp3) is 0.846. The highest BCUT2D eigenvalue weighted by molar-refractivity contribution is 7.92.